The molecule has 1 fully saturated rings. The molecule has 6 nitrogen and oxygen atoms in total. The Balaban J connectivity index is 1.54. The van der Waals surface area contributed by atoms with Crippen LogP contribution in [0.1, 0.15) is 37.2 Å². The number of aryl methyl sites for hydroxylation is 1. The fourth-order valence-corrected chi connectivity index (χ4v) is 3.01. The van der Waals surface area contributed by atoms with Crippen LogP contribution in [0.25, 0.3) is 0 Å². The van der Waals surface area contributed by atoms with Gasteiger partial charge < -0.3 is 9.42 Å². The van der Waals surface area contributed by atoms with E-state index in [2.05, 4.69) is 15.0 Å². The molecule has 0 N–H and O–H groups in total. The molecule has 2 aromatic rings. The van der Waals surface area contributed by atoms with Gasteiger partial charge in [0.15, 0.2) is 5.82 Å². The summed E-state index contributed by atoms with van der Waals surface area (Å²) in [5, 5.41) is 3.94. The summed E-state index contributed by atoms with van der Waals surface area (Å²) in [6, 6.07) is 6.45. The first-order valence-corrected chi connectivity index (χ1v) is 8.66. The highest BCUT2D eigenvalue weighted by atomic mass is 19.1. The largest absolute Gasteiger partial charge is 0.340 e. The predicted molar refractivity (Wildman–Crippen MR) is 90.3 cm³/mol. The van der Waals surface area contributed by atoms with E-state index in [0.717, 1.165) is 19.5 Å². The Hall–Kier alpha value is -2.28. The van der Waals surface area contributed by atoms with Crippen molar-refractivity contribution in [1.82, 2.24) is 19.9 Å². The molecule has 2 heterocycles. The second-order valence-electron chi connectivity index (χ2n) is 6.26. The molecular weight excluding hydrogens is 323 g/mol. The molecule has 0 spiro atoms. The Bertz CT molecular complexity index is 725. The smallest absolute Gasteiger partial charge is 0.243 e. The first-order chi connectivity index (χ1) is 12.1. The highest BCUT2D eigenvalue weighted by Crippen LogP contribution is 2.20. The van der Waals surface area contributed by atoms with Crippen LogP contribution < -0.4 is 0 Å². The van der Waals surface area contributed by atoms with E-state index >= 15 is 0 Å². The van der Waals surface area contributed by atoms with Gasteiger partial charge in [0.05, 0.1) is 12.5 Å². The van der Waals surface area contributed by atoms with Crippen LogP contribution in [0.2, 0.25) is 0 Å². The van der Waals surface area contributed by atoms with Gasteiger partial charge in [0.25, 0.3) is 0 Å². The summed E-state index contributed by atoms with van der Waals surface area (Å²) in [5.41, 5.74) is 0.446. The third-order valence-corrected chi connectivity index (χ3v) is 4.67. The van der Waals surface area contributed by atoms with Gasteiger partial charge in [-0.3, -0.25) is 9.69 Å². The molecule has 0 saturated carbocycles. The Labute approximate surface area is 146 Å². The number of halogens is 1. The summed E-state index contributed by atoms with van der Waals surface area (Å²) in [7, 11) is 0. The minimum atomic E-state index is -0.328. The second kappa shape index (κ2) is 7.74. The lowest BCUT2D eigenvalue weighted by Gasteiger charge is -2.36. The van der Waals surface area contributed by atoms with Crippen LogP contribution in [0.3, 0.4) is 0 Å². The van der Waals surface area contributed by atoms with Gasteiger partial charge >= 0.3 is 0 Å². The molecule has 0 bridgehead atoms. The van der Waals surface area contributed by atoms with Crippen molar-refractivity contribution in [3.8, 4) is 0 Å². The number of hydrogen-bond acceptors (Lipinski definition) is 5. The van der Waals surface area contributed by atoms with E-state index in [4.69, 9.17) is 4.52 Å². The molecule has 25 heavy (non-hydrogen) atoms. The van der Waals surface area contributed by atoms with Crippen molar-refractivity contribution in [1.29, 1.82) is 0 Å². The lowest BCUT2D eigenvalue weighted by atomic mass is 10.1. The number of benzene rings is 1. The lowest BCUT2D eigenvalue weighted by molar-refractivity contribution is -0.132. The molecule has 1 saturated heterocycles. The van der Waals surface area contributed by atoms with Crippen LogP contribution >= 0.6 is 0 Å². The van der Waals surface area contributed by atoms with Crippen LogP contribution in [0, 0.1) is 5.82 Å². The number of aromatic nitrogens is 2. The molecule has 1 atom stereocenters. The van der Waals surface area contributed by atoms with Gasteiger partial charge in [-0.1, -0.05) is 30.3 Å². The van der Waals surface area contributed by atoms with Crippen molar-refractivity contribution in [3.63, 3.8) is 0 Å². The number of nitrogens with zero attached hydrogens (tertiary/aromatic N) is 4. The molecule has 1 aromatic heterocycles. The molecule has 1 aromatic carbocycles. The van der Waals surface area contributed by atoms with E-state index < -0.39 is 0 Å². The first kappa shape index (κ1) is 17.5. The summed E-state index contributed by atoms with van der Waals surface area (Å²) in [5.74, 6) is 0.957. The summed E-state index contributed by atoms with van der Waals surface area (Å²) >= 11 is 0. The minimum absolute atomic E-state index is 0.0246. The summed E-state index contributed by atoms with van der Waals surface area (Å²) in [6.07, 6.45) is 0.848. The third-order valence-electron chi connectivity index (χ3n) is 4.67. The van der Waals surface area contributed by atoms with Crippen LogP contribution in [-0.2, 0) is 17.6 Å². The van der Waals surface area contributed by atoms with Gasteiger partial charge in [0.2, 0.25) is 11.8 Å². The molecule has 1 aliphatic heterocycles. The van der Waals surface area contributed by atoms with E-state index in [9.17, 15) is 9.18 Å². The Morgan fingerprint density at radius 1 is 1.28 bits per heavy atom. The number of hydrogen-bond donors (Lipinski definition) is 0. The molecule has 0 aliphatic carbocycles. The Morgan fingerprint density at radius 3 is 2.64 bits per heavy atom. The number of rotatable bonds is 5. The highest BCUT2D eigenvalue weighted by Gasteiger charge is 2.27. The standard InChI is InChI=1S/C18H23FN4O2/c1-3-16-20-18(25-21-16)13(2)22-8-10-23(11-9-22)17(24)12-14-6-4-5-7-15(14)19/h4-7,13H,3,8-12H2,1-2H3/t13-/m0/s1. The zero-order chi connectivity index (χ0) is 17.8. The number of carbonyl (C=O) groups excluding carboxylic acids is 1. The maximum absolute atomic E-state index is 13.7. The van der Waals surface area contributed by atoms with Gasteiger partial charge in [-0.25, -0.2) is 4.39 Å². The molecule has 1 amide bonds. The third kappa shape index (κ3) is 4.04. The average Bonchev–Trinajstić information content (AvgIpc) is 3.12. The topological polar surface area (TPSA) is 62.5 Å². The van der Waals surface area contributed by atoms with Crippen molar-refractivity contribution >= 4 is 5.91 Å². The zero-order valence-electron chi connectivity index (χ0n) is 14.6. The average molecular weight is 346 g/mol. The summed E-state index contributed by atoms with van der Waals surface area (Å²) in [6.45, 7) is 6.71. The Morgan fingerprint density at radius 2 is 2.00 bits per heavy atom. The Kier molecular flexibility index (Phi) is 5.43. The predicted octanol–water partition coefficient (Wildman–Crippen LogP) is 2.22. The van der Waals surface area contributed by atoms with Crippen LogP contribution in [0.5, 0.6) is 0 Å². The maximum atomic E-state index is 13.7. The minimum Gasteiger partial charge on any atom is -0.340 e. The maximum Gasteiger partial charge on any atom is 0.243 e. The van der Waals surface area contributed by atoms with E-state index in [1.807, 2.05) is 13.8 Å². The molecule has 0 unspecified atom stereocenters. The van der Waals surface area contributed by atoms with E-state index in [-0.39, 0.29) is 24.2 Å². The fourth-order valence-electron chi connectivity index (χ4n) is 3.01. The van der Waals surface area contributed by atoms with E-state index in [1.54, 1.807) is 23.1 Å². The summed E-state index contributed by atoms with van der Waals surface area (Å²) in [4.78, 5) is 20.8. The number of amides is 1. The van der Waals surface area contributed by atoms with E-state index in [1.165, 1.54) is 6.07 Å². The molecular formula is C18H23FN4O2. The van der Waals surface area contributed by atoms with Crippen molar-refractivity contribution in [2.24, 2.45) is 0 Å². The second-order valence-corrected chi connectivity index (χ2v) is 6.26. The van der Waals surface area contributed by atoms with Crippen molar-refractivity contribution in [3.05, 3.63) is 47.4 Å². The van der Waals surface area contributed by atoms with Crippen LogP contribution in [-0.4, -0.2) is 52.0 Å². The van der Waals surface area contributed by atoms with E-state index in [0.29, 0.717) is 30.4 Å². The van der Waals surface area contributed by atoms with Gasteiger partial charge in [-0.2, -0.15) is 4.98 Å². The zero-order valence-corrected chi connectivity index (χ0v) is 14.6. The molecule has 7 heteroatoms. The van der Waals surface area contributed by atoms with Gasteiger partial charge in [-0.15, -0.1) is 0 Å². The molecule has 134 valence electrons. The first-order valence-electron chi connectivity index (χ1n) is 8.66. The molecule has 3 rings (SSSR count). The van der Waals surface area contributed by atoms with Gasteiger partial charge in [-0.05, 0) is 18.6 Å². The van der Waals surface area contributed by atoms with Gasteiger partial charge in [0, 0.05) is 32.6 Å². The number of piperazine rings is 1. The monoisotopic (exact) mass is 346 g/mol. The normalized spacial score (nSPS) is 16.8. The number of carbonyl (C=O) groups is 1. The molecule has 1 aliphatic rings. The quantitative estimate of drug-likeness (QED) is 0.831. The van der Waals surface area contributed by atoms with Crippen molar-refractivity contribution in [2.75, 3.05) is 26.2 Å². The van der Waals surface area contributed by atoms with Crippen LogP contribution in [0.4, 0.5) is 4.39 Å². The lowest BCUT2D eigenvalue weighted by Crippen LogP contribution is -2.49. The van der Waals surface area contributed by atoms with Gasteiger partial charge in [0.1, 0.15) is 5.82 Å². The van der Waals surface area contributed by atoms with Crippen LogP contribution in [0.15, 0.2) is 28.8 Å². The molecule has 0 radical (unpaired) electrons. The highest BCUT2D eigenvalue weighted by molar-refractivity contribution is 5.79. The van der Waals surface area contributed by atoms with Crippen molar-refractivity contribution in [2.45, 2.75) is 32.7 Å². The summed E-state index contributed by atoms with van der Waals surface area (Å²) < 4.78 is 19.0. The SMILES string of the molecule is CCc1noc([C@H](C)N2CCN(C(=O)Cc3ccccc3F)CC2)n1. The van der Waals surface area contributed by atoms with Crippen molar-refractivity contribution < 1.29 is 13.7 Å². The fraction of sp³-hybridized carbons (Fsp3) is 0.500.